The van der Waals surface area contributed by atoms with Gasteiger partial charge in [0.15, 0.2) is 5.96 Å². The van der Waals surface area contributed by atoms with Gasteiger partial charge in [0.05, 0.1) is 18.5 Å². The lowest BCUT2D eigenvalue weighted by atomic mass is 10.0. The fourth-order valence-corrected chi connectivity index (χ4v) is 2.65. The average molecular weight is 502 g/mol. The zero-order valence-electron chi connectivity index (χ0n) is 15.8. The highest BCUT2D eigenvalue weighted by atomic mass is 127. The van der Waals surface area contributed by atoms with Crippen LogP contribution < -0.4 is 15.4 Å². The largest absolute Gasteiger partial charge is 0.383 e. The molecule has 9 nitrogen and oxygen atoms in total. The number of guanidine groups is 1. The number of aliphatic imine (C=N–C) groups is 1. The molecule has 0 fully saturated rings. The van der Waals surface area contributed by atoms with Crippen LogP contribution in [0.5, 0.6) is 0 Å². The van der Waals surface area contributed by atoms with Crippen molar-refractivity contribution >= 4 is 40.0 Å². The monoisotopic (exact) mass is 502 g/mol. The van der Waals surface area contributed by atoms with Crippen molar-refractivity contribution in [3.8, 4) is 0 Å². The fourth-order valence-electron chi connectivity index (χ4n) is 1.99. The minimum atomic E-state index is -3.15. The summed E-state index contributed by atoms with van der Waals surface area (Å²) in [6.07, 6.45) is 4.01. The second-order valence-corrected chi connectivity index (χ2v) is 8.05. The molecule has 152 valence electrons. The summed E-state index contributed by atoms with van der Waals surface area (Å²) in [5.41, 5.74) is -0.420. The van der Waals surface area contributed by atoms with Gasteiger partial charge < -0.3 is 15.7 Å². The molecule has 0 amide bonds. The second kappa shape index (κ2) is 11.7. The van der Waals surface area contributed by atoms with Crippen LogP contribution in [0, 0.1) is 0 Å². The summed E-state index contributed by atoms with van der Waals surface area (Å²) >= 11 is 0. The Morgan fingerprint density at radius 3 is 2.58 bits per heavy atom. The molecule has 0 saturated heterocycles. The average Bonchev–Trinajstić information content (AvgIpc) is 2.99. The van der Waals surface area contributed by atoms with Gasteiger partial charge in [-0.2, -0.15) is 5.10 Å². The third-order valence-corrected chi connectivity index (χ3v) is 4.97. The molecule has 0 saturated carbocycles. The maximum absolute atomic E-state index is 11.3. The van der Waals surface area contributed by atoms with Gasteiger partial charge in [-0.05, 0) is 27.2 Å². The Hall–Kier alpha value is -0.920. The van der Waals surface area contributed by atoms with Gasteiger partial charge in [0, 0.05) is 38.4 Å². The molecule has 0 aliphatic carbocycles. The molecule has 0 aliphatic heterocycles. The van der Waals surface area contributed by atoms with Crippen LogP contribution >= 0.6 is 24.0 Å². The molecule has 1 aromatic rings. The molecule has 1 aromatic heterocycles. The van der Waals surface area contributed by atoms with Crippen LogP contribution in [-0.2, 0) is 22.7 Å². The first-order chi connectivity index (χ1) is 11.7. The third kappa shape index (κ3) is 9.14. The Morgan fingerprint density at radius 2 is 2.04 bits per heavy atom. The number of nitrogens with zero attached hydrogens (tertiary/aromatic N) is 3. The quantitative estimate of drug-likeness (QED) is 0.156. The Balaban J connectivity index is 0.00000625. The van der Waals surface area contributed by atoms with Crippen molar-refractivity contribution in [3.63, 3.8) is 0 Å². The standard InChI is InChI=1S/C15H30N6O3S.HI/c1-5-16-14(17-8-7-9-20-25(23,24)6-2)18-12-15(3,22)13-10-19-21(4)11-13;/h10-11,20,22H,5-9,12H2,1-4H3,(H2,16,17,18);1H. The molecule has 4 N–H and O–H groups in total. The maximum Gasteiger partial charge on any atom is 0.211 e. The number of aromatic nitrogens is 2. The van der Waals surface area contributed by atoms with E-state index in [0.29, 0.717) is 37.6 Å². The van der Waals surface area contributed by atoms with Gasteiger partial charge in [0.2, 0.25) is 10.0 Å². The third-order valence-electron chi connectivity index (χ3n) is 3.56. The fraction of sp³-hybridized carbons (Fsp3) is 0.733. The summed E-state index contributed by atoms with van der Waals surface area (Å²) in [6.45, 7) is 7.04. The summed E-state index contributed by atoms with van der Waals surface area (Å²) in [6, 6.07) is 0. The van der Waals surface area contributed by atoms with Gasteiger partial charge in [-0.1, -0.05) is 0 Å². The lowest BCUT2D eigenvalue weighted by Gasteiger charge is -2.20. The maximum atomic E-state index is 11.3. The Kier molecular flexibility index (Phi) is 11.3. The lowest BCUT2D eigenvalue weighted by Crippen LogP contribution is -2.40. The summed E-state index contributed by atoms with van der Waals surface area (Å²) < 4.78 is 26.8. The van der Waals surface area contributed by atoms with Crippen molar-refractivity contribution in [2.24, 2.45) is 12.0 Å². The highest BCUT2D eigenvalue weighted by Crippen LogP contribution is 2.19. The summed E-state index contributed by atoms with van der Waals surface area (Å²) in [5.74, 6) is 0.651. The van der Waals surface area contributed by atoms with Gasteiger partial charge in [-0.3, -0.25) is 4.68 Å². The van der Waals surface area contributed by atoms with Gasteiger partial charge in [-0.25, -0.2) is 18.1 Å². The van der Waals surface area contributed by atoms with Crippen LogP contribution in [0.25, 0.3) is 0 Å². The van der Waals surface area contributed by atoms with Crippen LogP contribution in [-0.4, -0.2) is 61.2 Å². The summed E-state index contributed by atoms with van der Waals surface area (Å²) in [5, 5.41) is 20.8. The number of nitrogens with one attached hydrogen (secondary N) is 3. The number of sulfonamides is 1. The Bertz CT molecular complexity index is 660. The van der Waals surface area contributed by atoms with Crippen molar-refractivity contribution in [2.45, 2.75) is 32.8 Å². The van der Waals surface area contributed by atoms with Gasteiger partial charge in [0.25, 0.3) is 0 Å². The molecule has 0 aliphatic rings. The van der Waals surface area contributed by atoms with Crippen LogP contribution in [0.2, 0.25) is 0 Å². The minimum absolute atomic E-state index is 0. The first-order valence-electron chi connectivity index (χ1n) is 8.41. The van der Waals surface area contributed by atoms with Crippen LogP contribution in [0.3, 0.4) is 0 Å². The van der Waals surface area contributed by atoms with E-state index in [1.54, 1.807) is 38.0 Å². The molecule has 1 unspecified atom stereocenters. The molecular weight excluding hydrogens is 471 g/mol. The summed E-state index contributed by atoms with van der Waals surface area (Å²) in [7, 11) is -1.36. The van der Waals surface area contributed by atoms with Crippen molar-refractivity contribution < 1.29 is 13.5 Å². The zero-order chi connectivity index (χ0) is 18.9. The molecule has 0 bridgehead atoms. The van der Waals surface area contributed by atoms with E-state index in [4.69, 9.17) is 0 Å². The first kappa shape index (κ1) is 25.1. The van der Waals surface area contributed by atoms with E-state index < -0.39 is 15.6 Å². The number of hydrogen-bond acceptors (Lipinski definition) is 5. The highest BCUT2D eigenvalue weighted by Gasteiger charge is 2.24. The van der Waals surface area contributed by atoms with E-state index in [-0.39, 0.29) is 36.3 Å². The van der Waals surface area contributed by atoms with Crippen LogP contribution in [0.4, 0.5) is 0 Å². The van der Waals surface area contributed by atoms with E-state index in [0.717, 1.165) is 0 Å². The predicted molar refractivity (Wildman–Crippen MR) is 114 cm³/mol. The molecule has 1 heterocycles. The zero-order valence-corrected chi connectivity index (χ0v) is 19.0. The van der Waals surface area contributed by atoms with E-state index in [1.807, 2.05) is 6.92 Å². The van der Waals surface area contributed by atoms with Crippen molar-refractivity contribution in [3.05, 3.63) is 18.0 Å². The molecule has 0 radical (unpaired) electrons. The lowest BCUT2D eigenvalue weighted by molar-refractivity contribution is 0.0672. The molecule has 1 rings (SSSR count). The van der Waals surface area contributed by atoms with Gasteiger partial charge in [-0.15, -0.1) is 24.0 Å². The van der Waals surface area contributed by atoms with E-state index in [1.165, 1.54) is 0 Å². The van der Waals surface area contributed by atoms with Crippen LogP contribution in [0.15, 0.2) is 17.4 Å². The van der Waals surface area contributed by atoms with E-state index in [9.17, 15) is 13.5 Å². The molecule has 1 atom stereocenters. The Morgan fingerprint density at radius 1 is 1.35 bits per heavy atom. The van der Waals surface area contributed by atoms with Crippen molar-refractivity contribution in [2.75, 3.05) is 31.9 Å². The second-order valence-electron chi connectivity index (χ2n) is 5.95. The number of halogens is 1. The number of aryl methyl sites for hydroxylation is 1. The topological polar surface area (TPSA) is 121 Å². The number of hydrogen-bond donors (Lipinski definition) is 4. The number of aliphatic hydroxyl groups is 1. The molecule has 0 aromatic carbocycles. The predicted octanol–water partition coefficient (Wildman–Crippen LogP) is 0.130. The molecular formula is C15H31IN6O3S. The summed E-state index contributed by atoms with van der Waals surface area (Å²) in [4.78, 5) is 4.40. The van der Waals surface area contributed by atoms with Gasteiger partial charge in [0.1, 0.15) is 5.60 Å². The normalized spacial score (nSPS) is 14.4. The highest BCUT2D eigenvalue weighted by molar-refractivity contribution is 14.0. The molecule has 26 heavy (non-hydrogen) atoms. The van der Waals surface area contributed by atoms with E-state index >= 15 is 0 Å². The van der Waals surface area contributed by atoms with E-state index in [2.05, 4.69) is 25.4 Å². The molecule has 0 spiro atoms. The first-order valence-corrected chi connectivity index (χ1v) is 10.1. The SMILES string of the molecule is CCNC(=NCC(C)(O)c1cnn(C)c1)NCCCNS(=O)(=O)CC.I. The molecule has 11 heteroatoms. The van der Waals surface area contributed by atoms with Crippen molar-refractivity contribution in [1.82, 2.24) is 25.1 Å². The number of rotatable bonds is 10. The smallest absolute Gasteiger partial charge is 0.211 e. The van der Waals surface area contributed by atoms with Gasteiger partial charge >= 0.3 is 0 Å². The van der Waals surface area contributed by atoms with Crippen LogP contribution in [0.1, 0.15) is 32.8 Å². The van der Waals surface area contributed by atoms with Crippen molar-refractivity contribution in [1.29, 1.82) is 0 Å². The Labute approximate surface area is 173 Å². The minimum Gasteiger partial charge on any atom is -0.383 e.